The average molecular weight is 315 g/mol. The number of carboxylic acid groups (broad SMARTS) is 1. The molecule has 0 bridgehead atoms. The molecule has 0 spiro atoms. The van der Waals surface area contributed by atoms with Crippen LogP contribution in [0.5, 0.6) is 5.75 Å². The standard InChI is InChI=1S/C16H17N3O4/c17-9-12(10-19-6-4-11(5-7-19)16(22)23)15(21)18-13-2-1-3-14(20)8-13/h1-3,8,10-11,20H,4-7H2,(H,18,21)(H,22,23)/b12-10-. The third kappa shape index (κ3) is 4.48. The van der Waals surface area contributed by atoms with Crippen LogP contribution in [0.4, 0.5) is 5.69 Å². The van der Waals surface area contributed by atoms with E-state index in [2.05, 4.69) is 5.32 Å². The molecule has 0 unspecified atom stereocenters. The molecule has 120 valence electrons. The Morgan fingerprint density at radius 1 is 1.35 bits per heavy atom. The summed E-state index contributed by atoms with van der Waals surface area (Å²) in [5.41, 5.74) is 0.322. The van der Waals surface area contributed by atoms with Gasteiger partial charge in [0, 0.05) is 31.0 Å². The molecule has 0 saturated carbocycles. The number of hydrogen-bond acceptors (Lipinski definition) is 5. The highest BCUT2D eigenvalue weighted by Gasteiger charge is 2.24. The topological polar surface area (TPSA) is 114 Å². The van der Waals surface area contributed by atoms with Gasteiger partial charge >= 0.3 is 5.97 Å². The van der Waals surface area contributed by atoms with Gasteiger partial charge in [-0.1, -0.05) is 6.07 Å². The highest BCUT2D eigenvalue weighted by molar-refractivity contribution is 6.06. The fourth-order valence-electron chi connectivity index (χ4n) is 2.38. The zero-order valence-corrected chi connectivity index (χ0v) is 12.4. The summed E-state index contributed by atoms with van der Waals surface area (Å²) >= 11 is 0. The zero-order valence-electron chi connectivity index (χ0n) is 12.4. The maximum atomic E-state index is 12.1. The summed E-state index contributed by atoms with van der Waals surface area (Å²) in [6, 6.07) is 7.89. The summed E-state index contributed by atoms with van der Waals surface area (Å²) in [6.45, 7) is 0.975. The number of phenolic OH excluding ortho intramolecular Hbond substituents is 1. The number of aliphatic carboxylic acids is 1. The number of amides is 1. The molecule has 7 heteroatoms. The molecule has 1 heterocycles. The van der Waals surface area contributed by atoms with E-state index in [0.29, 0.717) is 31.6 Å². The molecule has 23 heavy (non-hydrogen) atoms. The molecule has 1 aliphatic rings. The Balaban J connectivity index is 2.00. The van der Waals surface area contributed by atoms with Gasteiger partial charge in [-0.3, -0.25) is 9.59 Å². The van der Waals surface area contributed by atoms with Crippen molar-refractivity contribution >= 4 is 17.6 Å². The quantitative estimate of drug-likeness (QED) is 0.573. The number of hydrogen-bond donors (Lipinski definition) is 3. The van der Waals surface area contributed by atoms with Gasteiger partial charge < -0.3 is 20.4 Å². The van der Waals surface area contributed by atoms with Crippen LogP contribution in [-0.4, -0.2) is 40.1 Å². The minimum absolute atomic E-state index is 0.0148. The number of benzene rings is 1. The molecule has 1 saturated heterocycles. The zero-order chi connectivity index (χ0) is 16.8. The molecule has 0 aliphatic carbocycles. The minimum Gasteiger partial charge on any atom is -0.508 e. The monoisotopic (exact) mass is 315 g/mol. The molecule has 1 aromatic rings. The number of anilines is 1. The third-order valence-electron chi connectivity index (χ3n) is 3.66. The average Bonchev–Trinajstić information content (AvgIpc) is 2.53. The number of nitrogens with one attached hydrogen (secondary N) is 1. The first-order chi connectivity index (χ1) is 11.0. The number of carbonyl (C=O) groups is 2. The van der Waals surface area contributed by atoms with Crippen LogP contribution in [0.3, 0.4) is 0 Å². The number of rotatable bonds is 4. The smallest absolute Gasteiger partial charge is 0.306 e. The van der Waals surface area contributed by atoms with Crippen LogP contribution >= 0.6 is 0 Å². The summed E-state index contributed by atoms with van der Waals surface area (Å²) in [7, 11) is 0. The second-order valence-corrected chi connectivity index (χ2v) is 5.31. The first-order valence-electron chi connectivity index (χ1n) is 7.18. The van der Waals surface area contributed by atoms with E-state index in [0.717, 1.165) is 0 Å². The van der Waals surface area contributed by atoms with E-state index >= 15 is 0 Å². The van der Waals surface area contributed by atoms with E-state index < -0.39 is 11.9 Å². The molecule has 0 radical (unpaired) electrons. The van der Waals surface area contributed by atoms with Crippen LogP contribution < -0.4 is 5.32 Å². The molecule has 1 fully saturated rings. The fraction of sp³-hybridized carbons (Fsp3) is 0.312. The van der Waals surface area contributed by atoms with E-state index in [9.17, 15) is 14.7 Å². The maximum Gasteiger partial charge on any atom is 0.306 e. The lowest BCUT2D eigenvalue weighted by Gasteiger charge is -2.29. The van der Waals surface area contributed by atoms with Gasteiger partial charge in [0.15, 0.2) is 0 Å². The lowest BCUT2D eigenvalue weighted by atomic mass is 9.97. The van der Waals surface area contributed by atoms with Gasteiger partial charge in [0.2, 0.25) is 0 Å². The first kappa shape index (κ1) is 16.4. The maximum absolute atomic E-state index is 12.1. The summed E-state index contributed by atoms with van der Waals surface area (Å²) in [5, 5.41) is 30.0. The van der Waals surface area contributed by atoms with Gasteiger partial charge in [0.25, 0.3) is 5.91 Å². The van der Waals surface area contributed by atoms with Crippen LogP contribution in [0.2, 0.25) is 0 Å². The highest BCUT2D eigenvalue weighted by Crippen LogP contribution is 2.19. The Morgan fingerprint density at radius 2 is 2.04 bits per heavy atom. The summed E-state index contributed by atoms with van der Waals surface area (Å²) in [4.78, 5) is 24.8. The number of aromatic hydroxyl groups is 1. The fourth-order valence-corrected chi connectivity index (χ4v) is 2.38. The van der Waals surface area contributed by atoms with E-state index in [-0.39, 0.29) is 17.2 Å². The van der Waals surface area contributed by atoms with Crippen molar-refractivity contribution < 1.29 is 19.8 Å². The predicted molar refractivity (Wildman–Crippen MR) is 82.4 cm³/mol. The second kappa shape index (κ2) is 7.31. The van der Waals surface area contributed by atoms with E-state index in [1.54, 1.807) is 17.0 Å². The van der Waals surface area contributed by atoms with E-state index in [4.69, 9.17) is 10.4 Å². The van der Waals surface area contributed by atoms with Gasteiger partial charge in [-0.2, -0.15) is 5.26 Å². The molecule has 0 atom stereocenters. The van der Waals surface area contributed by atoms with Crippen molar-refractivity contribution in [1.82, 2.24) is 4.90 Å². The molecule has 0 aromatic heterocycles. The summed E-state index contributed by atoms with van der Waals surface area (Å²) in [6.07, 6.45) is 2.42. The Kier molecular flexibility index (Phi) is 5.20. The van der Waals surface area contributed by atoms with Crippen LogP contribution in [0, 0.1) is 17.2 Å². The third-order valence-corrected chi connectivity index (χ3v) is 3.66. The number of phenols is 1. The normalized spacial score (nSPS) is 15.8. The predicted octanol–water partition coefficient (Wildman–Crippen LogP) is 1.53. The van der Waals surface area contributed by atoms with Crippen LogP contribution in [-0.2, 0) is 9.59 Å². The van der Waals surface area contributed by atoms with Crippen LogP contribution in [0.15, 0.2) is 36.0 Å². The van der Waals surface area contributed by atoms with Gasteiger partial charge in [-0.05, 0) is 25.0 Å². The number of carbonyl (C=O) groups excluding carboxylic acids is 1. The van der Waals surface area contributed by atoms with Gasteiger partial charge in [-0.25, -0.2) is 0 Å². The largest absolute Gasteiger partial charge is 0.508 e. The van der Waals surface area contributed by atoms with Gasteiger partial charge in [-0.15, -0.1) is 0 Å². The number of carboxylic acids is 1. The van der Waals surface area contributed by atoms with Crippen molar-refractivity contribution in [2.75, 3.05) is 18.4 Å². The van der Waals surface area contributed by atoms with Crippen molar-refractivity contribution in [3.8, 4) is 11.8 Å². The molecular formula is C16H17N3O4. The lowest BCUT2D eigenvalue weighted by molar-refractivity contribution is -0.143. The van der Waals surface area contributed by atoms with Crippen LogP contribution in [0.25, 0.3) is 0 Å². The van der Waals surface area contributed by atoms with Gasteiger partial charge in [0.05, 0.1) is 5.92 Å². The number of piperidine rings is 1. The number of nitriles is 1. The first-order valence-corrected chi connectivity index (χ1v) is 7.18. The lowest BCUT2D eigenvalue weighted by Crippen LogP contribution is -2.33. The van der Waals surface area contributed by atoms with E-state index in [1.165, 1.54) is 18.3 Å². The number of nitrogens with zero attached hydrogens (tertiary/aromatic N) is 2. The Bertz CT molecular complexity index is 670. The molecule has 1 aromatic carbocycles. The highest BCUT2D eigenvalue weighted by atomic mass is 16.4. The summed E-state index contributed by atoms with van der Waals surface area (Å²) in [5.74, 6) is -1.73. The Labute approximate surface area is 133 Å². The van der Waals surface area contributed by atoms with Crippen molar-refractivity contribution in [2.45, 2.75) is 12.8 Å². The van der Waals surface area contributed by atoms with Crippen molar-refractivity contribution in [3.05, 3.63) is 36.0 Å². The summed E-state index contributed by atoms with van der Waals surface area (Å²) < 4.78 is 0. The van der Waals surface area contributed by atoms with Crippen molar-refractivity contribution in [3.63, 3.8) is 0 Å². The molecule has 3 N–H and O–H groups in total. The molecular weight excluding hydrogens is 298 g/mol. The Morgan fingerprint density at radius 3 is 2.61 bits per heavy atom. The second-order valence-electron chi connectivity index (χ2n) is 5.31. The van der Waals surface area contributed by atoms with Crippen molar-refractivity contribution in [2.24, 2.45) is 5.92 Å². The molecule has 1 aliphatic heterocycles. The number of likely N-dealkylation sites (tertiary alicyclic amines) is 1. The molecule has 7 nitrogen and oxygen atoms in total. The Hall–Kier alpha value is -3.01. The van der Waals surface area contributed by atoms with Crippen molar-refractivity contribution in [1.29, 1.82) is 5.26 Å². The van der Waals surface area contributed by atoms with Gasteiger partial charge in [0.1, 0.15) is 17.4 Å². The molecule has 2 rings (SSSR count). The van der Waals surface area contributed by atoms with Crippen LogP contribution in [0.1, 0.15) is 12.8 Å². The SMILES string of the molecule is N#C/C(=C/N1CCC(C(=O)O)CC1)C(=O)Nc1cccc(O)c1. The molecule has 1 amide bonds. The van der Waals surface area contributed by atoms with E-state index in [1.807, 2.05) is 6.07 Å². The minimum atomic E-state index is -0.809.